The number of nitrogens with two attached hydrogens (primary N) is 1. The number of nitrogen functional groups attached to an aromatic ring is 1. The number of rotatable bonds is 2. The number of carbonyl (C=O) groups is 1. The van der Waals surface area contributed by atoms with Gasteiger partial charge in [-0.05, 0) is 24.3 Å². The van der Waals surface area contributed by atoms with Crippen LogP contribution in [0.2, 0.25) is 10.0 Å². The molecule has 0 bridgehead atoms. The Balaban J connectivity index is 2.23. The Morgan fingerprint density at radius 2 is 1.89 bits per heavy atom. The van der Waals surface area contributed by atoms with Gasteiger partial charge in [-0.1, -0.05) is 29.3 Å². The number of halogens is 2. The zero-order valence-electron chi connectivity index (χ0n) is 9.15. The summed E-state index contributed by atoms with van der Waals surface area (Å²) in [5.41, 5.74) is 6.66. The molecule has 1 heterocycles. The largest absolute Gasteiger partial charge is 0.396 e. The van der Waals surface area contributed by atoms with Gasteiger partial charge in [0.05, 0.1) is 15.7 Å². The highest BCUT2D eigenvalue weighted by molar-refractivity contribution is 6.39. The van der Waals surface area contributed by atoms with Crippen molar-refractivity contribution in [1.82, 2.24) is 4.98 Å². The summed E-state index contributed by atoms with van der Waals surface area (Å²) in [5, 5.41) is 3.22. The van der Waals surface area contributed by atoms with E-state index < -0.39 is 0 Å². The number of benzene rings is 1. The van der Waals surface area contributed by atoms with E-state index in [1.165, 1.54) is 18.3 Å². The molecule has 1 aromatic heterocycles. The number of anilines is 2. The first-order chi connectivity index (χ1) is 8.58. The molecule has 0 saturated carbocycles. The Morgan fingerprint density at radius 1 is 1.22 bits per heavy atom. The van der Waals surface area contributed by atoms with Crippen LogP contribution in [0, 0.1) is 0 Å². The van der Waals surface area contributed by atoms with Crippen LogP contribution in [0.3, 0.4) is 0 Å². The van der Waals surface area contributed by atoms with Crippen molar-refractivity contribution < 1.29 is 4.79 Å². The monoisotopic (exact) mass is 281 g/mol. The zero-order valence-corrected chi connectivity index (χ0v) is 10.7. The van der Waals surface area contributed by atoms with Crippen LogP contribution in [0.4, 0.5) is 11.4 Å². The second-order valence-corrected chi connectivity index (χ2v) is 4.34. The molecule has 1 amide bonds. The molecule has 92 valence electrons. The molecule has 0 radical (unpaired) electrons. The summed E-state index contributed by atoms with van der Waals surface area (Å²) in [7, 11) is 0. The van der Waals surface area contributed by atoms with Crippen molar-refractivity contribution >= 4 is 40.5 Å². The van der Waals surface area contributed by atoms with Crippen molar-refractivity contribution in [2.24, 2.45) is 0 Å². The lowest BCUT2D eigenvalue weighted by Crippen LogP contribution is -2.13. The summed E-state index contributed by atoms with van der Waals surface area (Å²) in [4.78, 5) is 15.8. The normalized spacial score (nSPS) is 10.1. The number of hydrogen-bond acceptors (Lipinski definition) is 3. The van der Waals surface area contributed by atoms with Crippen molar-refractivity contribution in [3.05, 3.63) is 52.3 Å². The fourth-order valence-corrected chi connectivity index (χ4v) is 1.84. The summed E-state index contributed by atoms with van der Waals surface area (Å²) in [6, 6.07) is 8.13. The van der Waals surface area contributed by atoms with Crippen LogP contribution in [0.1, 0.15) is 10.5 Å². The zero-order chi connectivity index (χ0) is 13.1. The minimum atomic E-state index is -0.340. The third-order valence-electron chi connectivity index (χ3n) is 2.23. The topological polar surface area (TPSA) is 68.0 Å². The maximum Gasteiger partial charge on any atom is 0.274 e. The molecule has 0 fully saturated rings. The van der Waals surface area contributed by atoms with E-state index >= 15 is 0 Å². The quantitative estimate of drug-likeness (QED) is 0.831. The molecule has 1 aromatic carbocycles. The summed E-state index contributed by atoms with van der Waals surface area (Å²) in [5.74, 6) is -0.340. The molecule has 0 aliphatic heterocycles. The van der Waals surface area contributed by atoms with E-state index in [-0.39, 0.29) is 11.6 Å². The first-order valence-corrected chi connectivity index (χ1v) is 5.80. The van der Waals surface area contributed by atoms with Gasteiger partial charge in [0, 0.05) is 11.9 Å². The molecule has 2 rings (SSSR count). The van der Waals surface area contributed by atoms with Crippen LogP contribution >= 0.6 is 23.2 Å². The van der Waals surface area contributed by atoms with E-state index in [9.17, 15) is 4.79 Å². The molecule has 0 aliphatic carbocycles. The van der Waals surface area contributed by atoms with Crippen LogP contribution in [-0.2, 0) is 0 Å². The van der Waals surface area contributed by atoms with Crippen molar-refractivity contribution in [3.63, 3.8) is 0 Å². The van der Waals surface area contributed by atoms with Gasteiger partial charge in [0.2, 0.25) is 0 Å². The van der Waals surface area contributed by atoms with Crippen molar-refractivity contribution in [1.29, 1.82) is 0 Å². The van der Waals surface area contributed by atoms with Crippen LogP contribution in [0.5, 0.6) is 0 Å². The number of amides is 1. The predicted molar refractivity (Wildman–Crippen MR) is 73.1 cm³/mol. The number of carbonyl (C=O) groups excluding carboxylic acids is 1. The van der Waals surface area contributed by atoms with E-state index in [1.54, 1.807) is 18.2 Å². The van der Waals surface area contributed by atoms with E-state index in [4.69, 9.17) is 28.9 Å². The average Bonchev–Trinajstić information content (AvgIpc) is 2.37. The number of nitrogens with zero attached hydrogens (tertiary/aromatic N) is 1. The number of hydrogen-bond donors (Lipinski definition) is 2. The van der Waals surface area contributed by atoms with Crippen LogP contribution in [0.25, 0.3) is 0 Å². The van der Waals surface area contributed by atoms with E-state index in [2.05, 4.69) is 10.3 Å². The molecule has 0 saturated heterocycles. The van der Waals surface area contributed by atoms with Crippen molar-refractivity contribution in [3.8, 4) is 0 Å². The van der Waals surface area contributed by atoms with Gasteiger partial charge in [-0.3, -0.25) is 9.78 Å². The molecule has 0 spiro atoms. The lowest BCUT2D eigenvalue weighted by molar-refractivity contribution is 0.102. The molecule has 0 aliphatic rings. The van der Waals surface area contributed by atoms with Crippen LogP contribution in [0.15, 0.2) is 36.5 Å². The van der Waals surface area contributed by atoms with Gasteiger partial charge in [0.15, 0.2) is 0 Å². The van der Waals surface area contributed by atoms with E-state index in [1.807, 2.05) is 0 Å². The van der Waals surface area contributed by atoms with Crippen LogP contribution in [-0.4, -0.2) is 10.9 Å². The Bertz CT molecular complexity index is 564. The van der Waals surface area contributed by atoms with E-state index in [0.717, 1.165) is 0 Å². The summed E-state index contributed by atoms with van der Waals surface area (Å²) in [6.07, 6.45) is 1.54. The molecular weight excluding hydrogens is 273 g/mol. The fraction of sp³-hybridized carbons (Fsp3) is 0. The lowest BCUT2D eigenvalue weighted by Gasteiger charge is -2.07. The maximum atomic E-state index is 11.8. The third-order valence-corrected chi connectivity index (χ3v) is 2.86. The minimum absolute atomic E-state index is 0.286. The minimum Gasteiger partial charge on any atom is -0.396 e. The molecule has 6 heteroatoms. The third kappa shape index (κ3) is 2.72. The number of nitrogens with one attached hydrogen (secondary N) is 1. The SMILES string of the molecule is Nc1c(Cl)cc(NC(=O)c2ccccn2)cc1Cl. The van der Waals surface area contributed by atoms with E-state index in [0.29, 0.717) is 21.4 Å². The van der Waals surface area contributed by atoms with Crippen LogP contribution < -0.4 is 11.1 Å². The van der Waals surface area contributed by atoms with Crippen molar-refractivity contribution in [2.75, 3.05) is 11.1 Å². The first kappa shape index (κ1) is 12.7. The smallest absolute Gasteiger partial charge is 0.274 e. The van der Waals surface area contributed by atoms with Gasteiger partial charge < -0.3 is 11.1 Å². The Labute approximate surface area is 114 Å². The molecule has 18 heavy (non-hydrogen) atoms. The number of aromatic nitrogens is 1. The fourth-order valence-electron chi connectivity index (χ4n) is 1.35. The summed E-state index contributed by atoms with van der Waals surface area (Å²) >= 11 is 11.7. The molecule has 4 nitrogen and oxygen atoms in total. The molecule has 2 aromatic rings. The Hall–Kier alpha value is -1.78. The number of pyridine rings is 1. The van der Waals surface area contributed by atoms with Gasteiger partial charge >= 0.3 is 0 Å². The van der Waals surface area contributed by atoms with Gasteiger partial charge in [0.1, 0.15) is 5.69 Å². The maximum absolute atomic E-state index is 11.8. The van der Waals surface area contributed by atoms with Gasteiger partial charge in [-0.2, -0.15) is 0 Å². The standard InChI is InChI=1S/C12H9Cl2N3O/c13-8-5-7(6-9(14)11(8)15)17-12(18)10-3-1-2-4-16-10/h1-6H,15H2,(H,17,18). The molecule has 0 unspecified atom stereocenters. The lowest BCUT2D eigenvalue weighted by atomic mass is 10.2. The molecular formula is C12H9Cl2N3O. The van der Waals surface area contributed by atoms with Gasteiger partial charge in [-0.15, -0.1) is 0 Å². The van der Waals surface area contributed by atoms with Gasteiger partial charge in [-0.25, -0.2) is 0 Å². The highest BCUT2D eigenvalue weighted by Gasteiger charge is 2.09. The van der Waals surface area contributed by atoms with Crippen molar-refractivity contribution in [2.45, 2.75) is 0 Å². The highest BCUT2D eigenvalue weighted by Crippen LogP contribution is 2.31. The highest BCUT2D eigenvalue weighted by atomic mass is 35.5. The predicted octanol–water partition coefficient (Wildman–Crippen LogP) is 3.22. The Kier molecular flexibility index (Phi) is 3.69. The van der Waals surface area contributed by atoms with Gasteiger partial charge in [0.25, 0.3) is 5.91 Å². The molecule has 3 N–H and O–H groups in total. The average molecular weight is 282 g/mol. The molecule has 0 atom stereocenters. The first-order valence-electron chi connectivity index (χ1n) is 5.05. The second-order valence-electron chi connectivity index (χ2n) is 3.52. The second kappa shape index (κ2) is 5.25. The summed E-state index contributed by atoms with van der Waals surface area (Å²) < 4.78 is 0. The Morgan fingerprint density at radius 3 is 2.44 bits per heavy atom. The summed E-state index contributed by atoms with van der Waals surface area (Å²) in [6.45, 7) is 0.